The number of thiocarbonyl (C=S) groups is 1. The lowest BCUT2D eigenvalue weighted by molar-refractivity contribution is -0.139. The second kappa shape index (κ2) is 7.50. The Kier molecular flexibility index (Phi) is 6.28. The molecule has 0 bridgehead atoms. The van der Waals surface area contributed by atoms with Gasteiger partial charge in [-0.05, 0) is 18.6 Å². The van der Waals surface area contributed by atoms with Gasteiger partial charge in [0.1, 0.15) is 0 Å². The van der Waals surface area contributed by atoms with Crippen LogP contribution in [0.15, 0.2) is 0 Å². The molecule has 7 heteroatoms. The fourth-order valence-corrected chi connectivity index (χ4v) is 2.81. The molecule has 5 nitrogen and oxygen atoms in total. The minimum atomic E-state index is -0.682. The van der Waals surface area contributed by atoms with Crippen LogP contribution < -0.4 is 16.4 Å². The first-order valence-corrected chi connectivity index (χ1v) is 7.01. The van der Waals surface area contributed by atoms with Crippen molar-refractivity contribution in [1.82, 2.24) is 10.6 Å². The highest BCUT2D eigenvalue weighted by Crippen LogP contribution is 2.24. The minimum Gasteiger partial charge on any atom is -0.392 e. The van der Waals surface area contributed by atoms with E-state index < -0.39 is 11.8 Å². The molecule has 1 fully saturated rings. The van der Waals surface area contributed by atoms with Crippen molar-refractivity contribution >= 4 is 40.8 Å². The average Bonchev–Trinajstić information content (AvgIpc) is 2.34. The molecule has 1 aliphatic heterocycles. The molecule has 1 unspecified atom stereocenters. The summed E-state index contributed by atoms with van der Waals surface area (Å²) in [6.45, 7) is 0.601. The van der Waals surface area contributed by atoms with Gasteiger partial charge in [-0.2, -0.15) is 11.8 Å². The van der Waals surface area contributed by atoms with Gasteiger partial charge in [-0.15, -0.1) is 0 Å². The van der Waals surface area contributed by atoms with E-state index in [1.807, 2.05) is 11.8 Å². The standard InChI is InChI=1S/C10H17N3O2S2/c11-8(16)6-13-10(15)9(14)12-5-7-3-1-2-4-17-7/h7H,1-6H2,(H2,11,16)(H,12,14)(H,13,15). The summed E-state index contributed by atoms with van der Waals surface area (Å²) in [5.41, 5.74) is 5.21. The molecule has 1 saturated heterocycles. The van der Waals surface area contributed by atoms with Crippen LogP contribution in [0.4, 0.5) is 0 Å². The summed E-state index contributed by atoms with van der Waals surface area (Å²) in [5, 5.41) is 5.39. The topological polar surface area (TPSA) is 84.2 Å². The predicted molar refractivity (Wildman–Crippen MR) is 72.9 cm³/mol. The Balaban J connectivity index is 2.19. The van der Waals surface area contributed by atoms with Gasteiger partial charge in [0.2, 0.25) is 0 Å². The molecule has 0 radical (unpaired) electrons. The molecule has 0 aliphatic carbocycles. The highest BCUT2D eigenvalue weighted by Gasteiger charge is 2.17. The van der Waals surface area contributed by atoms with Crippen LogP contribution in [0.5, 0.6) is 0 Å². The number of carbonyl (C=O) groups is 2. The van der Waals surface area contributed by atoms with Crippen molar-refractivity contribution in [3.63, 3.8) is 0 Å². The summed E-state index contributed by atoms with van der Waals surface area (Å²) in [4.78, 5) is 22.8. The Morgan fingerprint density at radius 1 is 1.29 bits per heavy atom. The van der Waals surface area contributed by atoms with Crippen molar-refractivity contribution in [3.8, 4) is 0 Å². The monoisotopic (exact) mass is 275 g/mol. The Hall–Kier alpha value is -0.820. The van der Waals surface area contributed by atoms with E-state index in [1.54, 1.807) is 0 Å². The van der Waals surface area contributed by atoms with Gasteiger partial charge in [0.05, 0.1) is 11.5 Å². The Morgan fingerprint density at radius 3 is 2.59 bits per heavy atom. The van der Waals surface area contributed by atoms with E-state index in [0.717, 1.165) is 12.2 Å². The highest BCUT2D eigenvalue weighted by molar-refractivity contribution is 7.99. The Labute approximate surface area is 110 Å². The maximum atomic E-state index is 11.4. The van der Waals surface area contributed by atoms with Crippen molar-refractivity contribution in [2.24, 2.45) is 5.73 Å². The lowest BCUT2D eigenvalue weighted by atomic mass is 10.2. The molecule has 0 aromatic rings. The number of rotatable bonds is 4. The van der Waals surface area contributed by atoms with Crippen molar-refractivity contribution in [1.29, 1.82) is 0 Å². The first-order chi connectivity index (χ1) is 8.09. The van der Waals surface area contributed by atoms with Crippen LogP contribution in [0.1, 0.15) is 19.3 Å². The SMILES string of the molecule is NC(=S)CNC(=O)C(=O)NCC1CCCCS1. The molecule has 0 aromatic heterocycles. The van der Waals surface area contributed by atoms with E-state index in [-0.39, 0.29) is 11.5 Å². The molecule has 0 aromatic carbocycles. The zero-order valence-electron chi connectivity index (χ0n) is 9.53. The summed E-state index contributed by atoms with van der Waals surface area (Å²) >= 11 is 6.44. The lowest BCUT2D eigenvalue weighted by Gasteiger charge is -2.21. The fraction of sp³-hybridized carbons (Fsp3) is 0.700. The van der Waals surface area contributed by atoms with Crippen LogP contribution in [-0.4, -0.2) is 40.9 Å². The van der Waals surface area contributed by atoms with Gasteiger partial charge < -0.3 is 16.4 Å². The van der Waals surface area contributed by atoms with Crippen LogP contribution >= 0.6 is 24.0 Å². The zero-order valence-corrected chi connectivity index (χ0v) is 11.2. The number of nitrogens with one attached hydrogen (secondary N) is 2. The molecule has 17 heavy (non-hydrogen) atoms. The molecule has 0 spiro atoms. The second-order valence-corrected chi connectivity index (χ2v) is 5.78. The van der Waals surface area contributed by atoms with Gasteiger partial charge in [-0.3, -0.25) is 9.59 Å². The summed E-state index contributed by atoms with van der Waals surface area (Å²) < 4.78 is 0. The molecule has 1 rings (SSSR count). The molecule has 1 atom stereocenters. The normalized spacial score (nSPS) is 19.4. The van der Waals surface area contributed by atoms with E-state index in [0.29, 0.717) is 11.8 Å². The number of nitrogens with two attached hydrogens (primary N) is 1. The molecule has 4 N–H and O–H groups in total. The number of hydrogen-bond acceptors (Lipinski definition) is 4. The molecule has 2 amide bonds. The van der Waals surface area contributed by atoms with Crippen molar-refractivity contribution in [2.45, 2.75) is 24.5 Å². The smallest absolute Gasteiger partial charge is 0.309 e. The summed E-state index contributed by atoms with van der Waals surface area (Å²) in [7, 11) is 0. The summed E-state index contributed by atoms with van der Waals surface area (Å²) in [5.74, 6) is -0.167. The molecular formula is C10H17N3O2S2. The molecular weight excluding hydrogens is 258 g/mol. The van der Waals surface area contributed by atoms with E-state index in [2.05, 4.69) is 22.9 Å². The number of thioether (sulfide) groups is 1. The minimum absolute atomic E-state index is 0.0553. The van der Waals surface area contributed by atoms with Crippen LogP contribution in [0.2, 0.25) is 0 Å². The maximum absolute atomic E-state index is 11.4. The lowest BCUT2D eigenvalue weighted by Crippen LogP contribution is -2.44. The van der Waals surface area contributed by atoms with Crippen LogP contribution in [-0.2, 0) is 9.59 Å². The summed E-state index contributed by atoms with van der Waals surface area (Å²) in [6.07, 6.45) is 3.53. The van der Waals surface area contributed by atoms with E-state index in [9.17, 15) is 9.59 Å². The predicted octanol–water partition coefficient (Wildman–Crippen LogP) is -0.209. The van der Waals surface area contributed by atoms with Crippen LogP contribution in [0.3, 0.4) is 0 Å². The third-order valence-corrected chi connectivity index (χ3v) is 3.94. The molecule has 96 valence electrons. The molecule has 1 aliphatic rings. The van der Waals surface area contributed by atoms with E-state index in [4.69, 9.17) is 5.73 Å². The number of carbonyl (C=O) groups excluding carboxylic acids is 2. The first-order valence-electron chi connectivity index (χ1n) is 5.55. The van der Waals surface area contributed by atoms with Gasteiger partial charge in [-0.25, -0.2) is 0 Å². The Morgan fingerprint density at radius 2 is 2.00 bits per heavy atom. The van der Waals surface area contributed by atoms with Gasteiger partial charge in [0.25, 0.3) is 0 Å². The van der Waals surface area contributed by atoms with Gasteiger partial charge >= 0.3 is 11.8 Å². The Bertz CT molecular complexity index is 304. The number of hydrogen-bond donors (Lipinski definition) is 3. The van der Waals surface area contributed by atoms with E-state index in [1.165, 1.54) is 12.8 Å². The summed E-state index contributed by atoms with van der Waals surface area (Å²) in [6, 6.07) is 0. The van der Waals surface area contributed by atoms with Gasteiger partial charge in [-0.1, -0.05) is 18.6 Å². The largest absolute Gasteiger partial charge is 0.392 e. The maximum Gasteiger partial charge on any atom is 0.309 e. The molecule has 0 saturated carbocycles. The second-order valence-electron chi connectivity index (χ2n) is 3.85. The van der Waals surface area contributed by atoms with Gasteiger partial charge in [0, 0.05) is 11.8 Å². The van der Waals surface area contributed by atoms with Crippen LogP contribution in [0.25, 0.3) is 0 Å². The number of amides is 2. The first kappa shape index (κ1) is 14.2. The zero-order chi connectivity index (χ0) is 12.7. The third kappa shape index (κ3) is 5.88. The quantitative estimate of drug-likeness (QED) is 0.488. The van der Waals surface area contributed by atoms with E-state index >= 15 is 0 Å². The van der Waals surface area contributed by atoms with Crippen molar-refractivity contribution < 1.29 is 9.59 Å². The van der Waals surface area contributed by atoms with Crippen molar-refractivity contribution in [2.75, 3.05) is 18.8 Å². The molecule has 1 heterocycles. The van der Waals surface area contributed by atoms with Crippen molar-refractivity contribution in [3.05, 3.63) is 0 Å². The third-order valence-electron chi connectivity index (χ3n) is 2.39. The van der Waals surface area contributed by atoms with Gasteiger partial charge in [0.15, 0.2) is 0 Å². The fourth-order valence-electron chi connectivity index (χ4n) is 1.50. The highest BCUT2D eigenvalue weighted by atomic mass is 32.2. The van der Waals surface area contributed by atoms with Crippen LogP contribution in [0, 0.1) is 0 Å². The average molecular weight is 275 g/mol.